The van der Waals surface area contributed by atoms with Crippen molar-refractivity contribution in [1.29, 1.82) is 0 Å². The summed E-state index contributed by atoms with van der Waals surface area (Å²) in [6.07, 6.45) is 4.99. The minimum absolute atomic E-state index is 0.324. The highest BCUT2D eigenvalue weighted by atomic mass is 32.2. The van der Waals surface area contributed by atoms with E-state index < -0.39 is 11.3 Å². The van der Waals surface area contributed by atoms with Gasteiger partial charge in [-0.2, -0.15) is 0 Å². The summed E-state index contributed by atoms with van der Waals surface area (Å²) in [5.74, 6) is 0.169. The maximum absolute atomic E-state index is 11.0. The number of rotatable bonds is 4. The van der Waals surface area contributed by atoms with Gasteiger partial charge in [0.15, 0.2) is 0 Å². The number of hydrogen-bond donors (Lipinski definition) is 0. The molecular formula is C9H10O4S. The van der Waals surface area contributed by atoms with Crippen LogP contribution in [-0.2, 0) is 14.3 Å². The van der Waals surface area contributed by atoms with E-state index in [1.807, 2.05) is 6.92 Å². The van der Waals surface area contributed by atoms with Gasteiger partial charge in [0.25, 0.3) is 0 Å². The highest BCUT2D eigenvalue weighted by molar-refractivity contribution is 8.13. The van der Waals surface area contributed by atoms with Crippen molar-refractivity contribution in [1.82, 2.24) is 0 Å². The quantitative estimate of drug-likeness (QED) is 0.528. The zero-order valence-electron chi connectivity index (χ0n) is 7.69. The van der Waals surface area contributed by atoms with Crippen molar-refractivity contribution >= 4 is 23.0 Å². The fourth-order valence-electron chi connectivity index (χ4n) is 0.702. The molecule has 1 rings (SSSR count). The number of hydrogen-bond acceptors (Lipinski definition) is 5. The maximum atomic E-state index is 11.0. The van der Waals surface area contributed by atoms with Gasteiger partial charge in [0.1, 0.15) is 0 Å². The van der Waals surface area contributed by atoms with Crippen molar-refractivity contribution in [3.63, 3.8) is 0 Å². The van der Waals surface area contributed by atoms with Gasteiger partial charge in [-0.05, 0) is 23.9 Å². The summed E-state index contributed by atoms with van der Waals surface area (Å²) in [5.41, 5.74) is 0.490. The first-order chi connectivity index (χ1) is 6.74. The van der Waals surface area contributed by atoms with Crippen LogP contribution in [-0.4, -0.2) is 23.8 Å². The lowest BCUT2D eigenvalue weighted by Crippen LogP contribution is -2.12. The third-order valence-corrected chi connectivity index (χ3v) is 2.06. The van der Waals surface area contributed by atoms with Gasteiger partial charge in [0, 0.05) is 5.75 Å². The van der Waals surface area contributed by atoms with Gasteiger partial charge >= 0.3 is 11.3 Å². The molecule has 0 aromatic heterocycles. The van der Waals surface area contributed by atoms with Crippen LogP contribution in [0.25, 0.3) is 0 Å². The van der Waals surface area contributed by atoms with Crippen molar-refractivity contribution in [2.24, 2.45) is 0 Å². The van der Waals surface area contributed by atoms with E-state index in [9.17, 15) is 9.59 Å². The molecule has 0 spiro atoms. The molecule has 0 aromatic carbocycles. The fraction of sp³-hybridized carbons (Fsp3) is 0.333. The third kappa shape index (κ3) is 3.26. The van der Waals surface area contributed by atoms with E-state index in [0.717, 1.165) is 11.8 Å². The Morgan fingerprint density at radius 3 is 2.64 bits per heavy atom. The molecule has 5 heteroatoms. The number of ether oxygens (including phenoxy) is 2. The molecule has 0 saturated carbocycles. The van der Waals surface area contributed by atoms with Crippen LogP contribution in [0.5, 0.6) is 0 Å². The lowest BCUT2D eigenvalue weighted by atomic mass is 10.1. The summed E-state index contributed by atoms with van der Waals surface area (Å²) in [6, 6.07) is 0. The monoisotopic (exact) mass is 214 g/mol. The average molecular weight is 214 g/mol. The smallest absolute Gasteiger partial charge is 0.370 e. The molecule has 0 saturated heterocycles. The SMILES string of the molecule is CCSC(=O)OCOC(=O)C1=CC=C1. The van der Waals surface area contributed by atoms with Crippen molar-refractivity contribution in [3.8, 4) is 0 Å². The summed E-state index contributed by atoms with van der Waals surface area (Å²) >= 11 is 1.03. The molecule has 0 N–H and O–H groups in total. The second-order valence-electron chi connectivity index (χ2n) is 2.36. The number of carbonyl (C=O) groups is 2. The topological polar surface area (TPSA) is 52.6 Å². The predicted molar refractivity (Wildman–Crippen MR) is 52.8 cm³/mol. The molecule has 0 atom stereocenters. The minimum Gasteiger partial charge on any atom is -0.424 e. The lowest BCUT2D eigenvalue weighted by molar-refractivity contribution is -0.146. The van der Waals surface area contributed by atoms with Gasteiger partial charge in [-0.1, -0.05) is 13.0 Å². The molecule has 4 nitrogen and oxygen atoms in total. The third-order valence-electron chi connectivity index (χ3n) is 1.42. The van der Waals surface area contributed by atoms with Crippen molar-refractivity contribution in [2.75, 3.05) is 12.5 Å². The second kappa shape index (κ2) is 5.49. The molecule has 1 aliphatic rings. The molecule has 76 valence electrons. The fourth-order valence-corrected chi connectivity index (χ4v) is 1.07. The number of thioether (sulfide) groups is 1. The molecule has 0 heterocycles. The van der Waals surface area contributed by atoms with Gasteiger partial charge < -0.3 is 9.47 Å². The van der Waals surface area contributed by atoms with Gasteiger partial charge in [-0.3, -0.25) is 0 Å². The Morgan fingerprint density at radius 2 is 2.14 bits per heavy atom. The maximum Gasteiger partial charge on any atom is 0.370 e. The van der Waals surface area contributed by atoms with E-state index in [0.29, 0.717) is 11.3 Å². The zero-order chi connectivity index (χ0) is 10.4. The Labute approximate surface area is 85.9 Å². The molecule has 0 aliphatic heterocycles. The average Bonchev–Trinajstić information content (AvgIpc) is 2.01. The van der Waals surface area contributed by atoms with Crippen LogP contribution in [0.1, 0.15) is 6.92 Å². The summed E-state index contributed by atoms with van der Waals surface area (Å²) in [7, 11) is 0. The molecule has 0 aromatic rings. The van der Waals surface area contributed by atoms with Crippen molar-refractivity contribution < 1.29 is 19.1 Å². The van der Waals surface area contributed by atoms with E-state index in [2.05, 4.69) is 9.47 Å². The Hall–Kier alpha value is -1.23. The summed E-state index contributed by atoms with van der Waals surface area (Å²) < 4.78 is 9.25. The molecule has 14 heavy (non-hydrogen) atoms. The lowest BCUT2D eigenvalue weighted by Gasteiger charge is -2.07. The van der Waals surface area contributed by atoms with Gasteiger partial charge in [-0.25, -0.2) is 9.59 Å². The van der Waals surface area contributed by atoms with E-state index >= 15 is 0 Å². The van der Waals surface area contributed by atoms with Gasteiger partial charge in [-0.15, -0.1) is 0 Å². The van der Waals surface area contributed by atoms with Crippen LogP contribution >= 0.6 is 11.8 Å². The van der Waals surface area contributed by atoms with Gasteiger partial charge in [0.05, 0.1) is 5.57 Å². The molecule has 0 amide bonds. The van der Waals surface area contributed by atoms with Crippen LogP contribution in [0.3, 0.4) is 0 Å². The number of allylic oxidation sites excluding steroid dienone is 2. The first-order valence-corrected chi connectivity index (χ1v) is 5.07. The Kier molecular flexibility index (Phi) is 4.25. The van der Waals surface area contributed by atoms with E-state index in [-0.39, 0.29) is 6.79 Å². The predicted octanol–water partition coefficient (Wildman–Crippen LogP) is 1.87. The Morgan fingerprint density at radius 1 is 1.43 bits per heavy atom. The van der Waals surface area contributed by atoms with Gasteiger partial charge in [0.2, 0.25) is 6.79 Å². The van der Waals surface area contributed by atoms with Crippen LogP contribution in [0.2, 0.25) is 0 Å². The molecule has 0 bridgehead atoms. The second-order valence-corrected chi connectivity index (χ2v) is 3.56. The first-order valence-electron chi connectivity index (χ1n) is 4.09. The molecule has 0 radical (unpaired) electrons. The zero-order valence-corrected chi connectivity index (χ0v) is 8.50. The summed E-state index contributed by atoms with van der Waals surface area (Å²) in [6.45, 7) is 1.51. The molecule has 0 unspecified atom stereocenters. The Bertz CT molecular complexity index is 293. The number of carbonyl (C=O) groups excluding carboxylic acids is 2. The van der Waals surface area contributed by atoms with Crippen LogP contribution < -0.4 is 0 Å². The first kappa shape index (κ1) is 10.8. The Balaban J connectivity index is 2.09. The van der Waals surface area contributed by atoms with Crippen LogP contribution in [0.4, 0.5) is 4.79 Å². The van der Waals surface area contributed by atoms with Crippen LogP contribution in [0.15, 0.2) is 23.8 Å². The molecular weight excluding hydrogens is 204 g/mol. The largest absolute Gasteiger partial charge is 0.424 e. The van der Waals surface area contributed by atoms with E-state index in [1.165, 1.54) is 0 Å². The van der Waals surface area contributed by atoms with Crippen molar-refractivity contribution in [2.45, 2.75) is 6.92 Å². The number of esters is 1. The standard InChI is InChI=1S/C9H10O4S/c1-2-14-9(11)13-6-12-8(10)7-4-3-5-7/h3-5H,2,6H2,1H3. The van der Waals surface area contributed by atoms with Crippen LogP contribution in [0, 0.1) is 0 Å². The van der Waals surface area contributed by atoms with Crippen molar-refractivity contribution in [3.05, 3.63) is 23.8 Å². The summed E-state index contributed by atoms with van der Waals surface area (Å²) in [5, 5.41) is -0.432. The molecule has 0 fully saturated rings. The van der Waals surface area contributed by atoms with E-state index in [4.69, 9.17) is 0 Å². The highest BCUT2D eigenvalue weighted by Crippen LogP contribution is 2.10. The minimum atomic E-state index is -0.471. The normalized spacial score (nSPS) is 12.8. The summed E-state index contributed by atoms with van der Waals surface area (Å²) in [4.78, 5) is 21.8. The molecule has 1 aliphatic carbocycles. The highest BCUT2D eigenvalue weighted by Gasteiger charge is 2.11. The van der Waals surface area contributed by atoms with E-state index in [1.54, 1.807) is 18.2 Å².